The Balaban J connectivity index is 1.68. The number of nitrogens with zero attached hydrogens (tertiary/aromatic N) is 2. The second-order valence-electron chi connectivity index (χ2n) is 5.80. The second-order valence-corrected chi connectivity index (χ2v) is 7.71. The molecule has 24 heavy (non-hydrogen) atoms. The Morgan fingerprint density at radius 2 is 2.04 bits per heavy atom. The van der Waals surface area contributed by atoms with Crippen LogP contribution in [0.25, 0.3) is 10.2 Å². The molecule has 1 aromatic heterocycles. The Bertz CT molecular complexity index is 891. The molecule has 1 atom stereocenters. The number of carbonyl (C=O) groups excluding carboxylic acids is 1. The number of amides is 1. The van der Waals surface area contributed by atoms with Crippen LogP contribution in [0.1, 0.15) is 34.2 Å². The highest BCUT2D eigenvalue weighted by atomic mass is 35.5. The van der Waals surface area contributed by atoms with Gasteiger partial charge in [-0.2, -0.15) is 0 Å². The van der Waals surface area contributed by atoms with Crippen LogP contribution in [0.4, 0.5) is 0 Å². The van der Waals surface area contributed by atoms with Crippen molar-refractivity contribution in [2.75, 3.05) is 6.54 Å². The van der Waals surface area contributed by atoms with Gasteiger partial charge in [0.2, 0.25) is 0 Å². The summed E-state index contributed by atoms with van der Waals surface area (Å²) in [7, 11) is 0. The predicted molar refractivity (Wildman–Crippen MR) is 99.1 cm³/mol. The monoisotopic (exact) mass is 376 g/mol. The SMILES string of the molecule is O=C(c1ccc(Cl)cc1Cl)N1CCCC1c1nc2ccccc2s1. The van der Waals surface area contributed by atoms with Gasteiger partial charge in [0.1, 0.15) is 5.01 Å². The van der Waals surface area contributed by atoms with Gasteiger partial charge in [0, 0.05) is 11.6 Å². The Morgan fingerprint density at radius 3 is 2.83 bits per heavy atom. The van der Waals surface area contributed by atoms with Crippen LogP contribution in [0.15, 0.2) is 42.5 Å². The molecule has 0 radical (unpaired) electrons. The lowest BCUT2D eigenvalue weighted by Gasteiger charge is -2.23. The minimum absolute atomic E-state index is 0.0154. The standard InChI is InChI=1S/C18H14Cl2N2OS/c19-11-7-8-12(13(20)10-11)18(23)22-9-3-5-15(22)17-21-14-4-1-2-6-16(14)24-17/h1-2,4,6-8,10,15H,3,5,9H2. The molecule has 122 valence electrons. The number of likely N-dealkylation sites (tertiary alicyclic amines) is 1. The van der Waals surface area contributed by atoms with Gasteiger partial charge in [-0.1, -0.05) is 35.3 Å². The van der Waals surface area contributed by atoms with Crippen LogP contribution in [0.2, 0.25) is 10.0 Å². The molecule has 0 bridgehead atoms. The third kappa shape index (κ3) is 2.79. The van der Waals surface area contributed by atoms with Crippen LogP contribution in [-0.2, 0) is 0 Å². The fourth-order valence-electron chi connectivity index (χ4n) is 3.12. The van der Waals surface area contributed by atoms with E-state index in [0.29, 0.717) is 15.6 Å². The first-order valence-electron chi connectivity index (χ1n) is 7.75. The molecule has 1 aliphatic heterocycles. The van der Waals surface area contributed by atoms with Gasteiger partial charge in [-0.15, -0.1) is 11.3 Å². The first-order chi connectivity index (χ1) is 11.6. The van der Waals surface area contributed by atoms with Crippen LogP contribution in [0.5, 0.6) is 0 Å². The normalized spacial score (nSPS) is 17.6. The van der Waals surface area contributed by atoms with E-state index in [9.17, 15) is 4.79 Å². The van der Waals surface area contributed by atoms with Gasteiger partial charge in [-0.25, -0.2) is 4.98 Å². The van der Waals surface area contributed by atoms with Crippen molar-refractivity contribution < 1.29 is 4.79 Å². The highest BCUT2D eigenvalue weighted by Gasteiger charge is 2.33. The zero-order chi connectivity index (χ0) is 16.7. The van der Waals surface area contributed by atoms with Gasteiger partial charge < -0.3 is 4.90 Å². The van der Waals surface area contributed by atoms with Crippen molar-refractivity contribution in [1.82, 2.24) is 9.88 Å². The van der Waals surface area contributed by atoms with E-state index in [1.54, 1.807) is 29.5 Å². The van der Waals surface area contributed by atoms with Crippen molar-refractivity contribution in [2.24, 2.45) is 0 Å². The Labute approximate surface area is 153 Å². The van der Waals surface area contributed by atoms with E-state index in [1.165, 1.54) is 0 Å². The Morgan fingerprint density at radius 1 is 1.21 bits per heavy atom. The van der Waals surface area contributed by atoms with Crippen LogP contribution >= 0.6 is 34.5 Å². The van der Waals surface area contributed by atoms with Crippen LogP contribution in [-0.4, -0.2) is 22.3 Å². The van der Waals surface area contributed by atoms with Crippen molar-refractivity contribution >= 4 is 50.7 Å². The van der Waals surface area contributed by atoms with E-state index in [4.69, 9.17) is 28.2 Å². The molecule has 1 aliphatic rings. The highest BCUT2D eigenvalue weighted by Crippen LogP contribution is 2.38. The smallest absolute Gasteiger partial charge is 0.255 e. The van der Waals surface area contributed by atoms with E-state index in [-0.39, 0.29) is 11.9 Å². The molecule has 6 heteroatoms. The topological polar surface area (TPSA) is 33.2 Å². The first-order valence-corrected chi connectivity index (χ1v) is 9.32. The number of hydrogen-bond acceptors (Lipinski definition) is 3. The average Bonchev–Trinajstić information content (AvgIpc) is 3.20. The van der Waals surface area contributed by atoms with E-state index >= 15 is 0 Å². The molecule has 0 spiro atoms. The first kappa shape index (κ1) is 15.9. The minimum atomic E-state index is -0.0570. The van der Waals surface area contributed by atoms with E-state index < -0.39 is 0 Å². The molecule has 1 unspecified atom stereocenters. The highest BCUT2D eigenvalue weighted by molar-refractivity contribution is 7.18. The van der Waals surface area contributed by atoms with Crippen LogP contribution in [0.3, 0.4) is 0 Å². The maximum atomic E-state index is 13.0. The van der Waals surface area contributed by atoms with Gasteiger partial charge in [0.25, 0.3) is 5.91 Å². The number of para-hydroxylation sites is 1. The molecule has 0 N–H and O–H groups in total. The van der Waals surface area contributed by atoms with Crippen LogP contribution in [0, 0.1) is 0 Å². The summed E-state index contributed by atoms with van der Waals surface area (Å²) in [4.78, 5) is 19.6. The van der Waals surface area contributed by atoms with Crippen molar-refractivity contribution in [2.45, 2.75) is 18.9 Å². The molecule has 2 aromatic carbocycles. The summed E-state index contributed by atoms with van der Waals surface area (Å²) in [6.07, 6.45) is 1.90. The molecule has 1 amide bonds. The van der Waals surface area contributed by atoms with E-state index in [1.807, 2.05) is 23.1 Å². The van der Waals surface area contributed by atoms with Gasteiger partial charge in [-0.05, 0) is 43.2 Å². The van der Waals surface area contributed by atoms with Crippen molar-refractivity contribution in [3.63, 3.8) is 0 Å². The second kappa shape index (κ2) is 6.36. The van der Waals surface area contributed by atoms with Gasteiger partial charge in [0.15, 0.2) is 0 Å². The van der Waals surface area contributed by atoms with Gasteiger partial charge in [-0.3, -0.25) is 4.79 Å². The quantitative estimate of drug-likeness (QED) is 0.584. The number of hydrogen-bond donors (Lipinski definition) is 0. The Hall–Kier alpha value is -1.62. The summed E-state index contributed by atoms with van der Waals surface area (Å²) < 4.78 is 1.15. The van der Waals surface area contributed by atoms with Crippen molar-refractivity contribution in [3.05, 3.63) is 63.1 Å². The van der Waals surface area contributed by atoms with Gasteiger partial charge in [0.05, 0.1) is 26.8 Å². The lowest BCUT2D eigenvalue weighted by molar-refractivity contribution is 0.0736. The summed E-state index contributed by atoms with van der Waals surface area (Å²) in [5.74, 6) is -0.0570. The van der Waals surface area contributed by atoms with Crippen molar-refractivity contribution in [1.29, 1.82) is 0 Å². The lowest BCUT2D eigenvalue weighted by Crippen LogP contribution is -2.30. The summed E-state index contributed by atoms with van der Waals surface area (Å²) >= 11 is 13.8. The van der Waals surface area contributed by atoms with Gasteiger partial charge >= 0.3 is 0 Å². The maximum absolute atomic E-state index is 13.0. The minimum Gasteiger partial charge on any atom is -0.329 e. The molecule has 4 rings (SSSR count). The number of thiazole rings is 1. The van der Waals surface area contributed by atoms with Crippen molar-refractivity contribution in [3.8, 4) is 0 Å². The fraction of sp³-hybridized carbons (Fsp3) is 0.222. The number of benzene rings is 2. The fourth-order valence-corrected chi connectivity index (χ4v) is 4.72. The number of halogens is 2. The molecule has 2 heterocycles. The molecule has 1 fully saturated rings. The summed E-state index contributed by atoms with van der Waals surface area (Å²) in [6, 6.07) is 13.1. The summed E-state index contributed by atoms with van der Waals surface area (Å²) in [5.41, 5.74) is 1.48. The molecule has 1 saturated heterocycles. The number of aromatic nitrogens is 1. The zero-order valence-electron chi connectivity index (χ0n) is 12.7. The number of carbonyl (C=O) groups is 1. The average molecular weight is 377 g/mol. The third-order valence-corrected chi connectivity index (χ3v) is 5.96. The number of fused-ring (bicyclic) bond motifs is 1. The summed E-state index contributed by atoms with van der Waals surface area (Å²) in [6.45, 7) is 0.721. The third-order valence-electron chi connectivity index (χ3n) is 4.27. The molecule has 3 nitrogen and oxygen atoms in total. The predicted octanol–water partition coefficient (Wildman–Crippen LogP) is 5.58. The largest absolute Gasteiger partial charge is 0.329 e. The number of rotatable bonds is 2. The molecular weight excluding hydrogens is 363 g/mol. The zero-order valence-corrected chi connectivity index (χ0v) is 15.0. The molecule has 3 aromatic rings. The Kier molecular flexibility index (Phi) is 4.21. The van der Waals surface area contributed by atoms with E-state index in [0.717, 1.165) is 34.6 Å². The van der Waals surface area contributed by atoms with E-state index in [2.05, 4.69) is 6.07 Å². The molecule has 0 aliphatic carbocycles. The maximum Gasteiger partial charge on any atom is 0.255 e. The molecule has 0 saturated carbocycles. The van der Waals surface area contributed by atoms with Crippen LogP contribution < -0.4 is 0 Å². The lowest BCUT2D eigenvalue weighted by atomic mass is 10.1. The molecular formula is C18H14Cl2N2OS. The summed E-state index contributed by atoms with van der Waals surface area (Å²) in [5, 5.41) is 1.91.